The van der Waals surface area contributed by atoms with Gasteiger partial charge in [0, 0.05) is 0 Å². The molecule has 2 aromatic rings. The van der Waals surface area contributed by atoms with Gasteiger partial charge in [-0.2, -0.15) is 0 Å². The van der Waals surface area contributed by atoms with E-state index in [4.69, 9.17) is 18.9 Å². The van der Waals surface area contributed by atoms with Crippen LogP contribution in [0.1, 0.15) is 16.6 Å². The maximum absolute atomic E-state index is 12.1. The molecule has 0 atom stereocenters. The number of thiophene rings is 1. The highest BCUT2D eigenvalue weighted by Crippen LogP contribution is 2.47. The molecular weight excluding hydrogens is 428 g/mol. The molecule has 0 saturated heterocycles. The summed E-state index contributed by atoms with van der Waals surface area (Å²) >= 11 is 4.54. The first-order chi connectivity index (χ1) is 12.4. The quantitative estimate of drug-likeness (QED) is 0.651. The largest absolute Gasteiger partial charge is 0.504 e. The van der Waals surface area contributed by atoms with E-state index in [-0.39, 0.29) is 35.3 Å². The molecule has 0 spiro atoms. The summed E-state index contributed by atoms with van der Waals surface area (Å²) in [6, 6.07) is 4.78. The third kappa shape index (κ3) is 4.28. The standard InChI is InChI=1S/C17H17BrO7S/c1-4-24-12(20)8-25-14-13(18)15(26-16(14)17(21)23-3)9-5-6-10(19)11(7-9)22-2/h5-7,19H,4,8H2,1-3H3. The average Bonchev–Trinajstić information content (AvgIpc) is 2.96. The number of methoxy groups -OCH3 is 2. The van der Waals surface area contributed by atoms with Crippen LogP contribution in [0, 0.1) is 0 Å². The predicted octanol–water partition coefficient (Wildman–Crippen LogP) is 3.62. The molecular formula is C17H17BrO7S. The molecule has 1 heterocycles. The molecule has 2 rings (SSSR count). The van der Waals surface area contributed by atoms with E-state index in [0.717, 1.165) is 11.3 Å². The van der Waals surface area contributed by atoms with E-state index < -0.39 is 11.9 Å². The van der Waals surface area contributed by atoms with Gasteiger partial charge >= 0.3 is 11.9 Å². The van der Waals surface area contributed by atoms with Crippen molar-refractivity contribution in [2.24, 2.45) is 0 Å². The highest BCUT2D eigenvalue weighted by atomic mass is 79.9. The highest BCUT2D eigenvalue weighted by Gasteiger charge is 2.25. The molecule has 0 aliphatic heterocycles. The third-order valence-electron chi connectivity index (χ3n) is 3.26. The van der Waals surface area contributed by atoms with E-state index in [1.807, 2.05) is 0 Å². The zero-order valence-corrected chi connectivity index (χ0v) is 16.7. The van der Waals surface area contributed by atoms with Crippen molar-refractivity contribution >= 4 is 39.2 Å². The van der Waals surface area contributed by atoms with E-state index in [9.17, 15) is 14.7 Å². The van der Waals surface area contributed by atoms with Crippen LogP contribution in [0.2, 0.25) is 0 Å². The van der Waals surface area contributed by atoms with E-state index in [1.54, 1.807) is 19.1 Å². The maximum atomic E-state index is 12.1. The van der Waals surface area contributed by atoms with Gasteiger partial charge in [0.2, 0.25) is 0 Å². The number of aromatic hydroxyl groups is 1. The molecule has 9 heteroatoms. The van der Waals surface area contributed by atoms with Crippen molar-refractivity contribution in [2.75, 3.05) is 27.4 Å². The molecule has 140 valence electrons. The summed E-state index contributed by atoms with van der Waals surface area (Å²) in [6.45, 7) is 1.58. The second-order valence-corrected chi connectivity index (χ2v) is 6.69. The Labute approximate surface area is 162 Å². The lowest BCUT2D eigenvalue weighted by molar-refractivity contribution is -0.145. The van der Waals surface area contributed by atoms with Crippen LogP contribution in [0.3, 0.4) is 0 Å². The topological polar surface area (TPSA) is 91.3 Å². The minimum Gasteiger partial charge on any atom is -0.504 e. The molecule has 0 amide bonds. The molecule has 0 saturated carbocycles. The number of hydrogen-bond donors (Lipinski definition) is 1. The van der Waals surface area contributed by atoms with Crippen molar-refractivity contribution in [3.8, 4) is 27.7 Å². The number of carbonyl (C=O) groups excluding carboxylic acids is 2. The number of esters is 2. The second kappa shape index (κ2) is 8.91. The molecule has 0 aliphatic rings. The molecule has 1 aromatic carbocycles. The van der Waals surface area contributed by atoms with E-state index in [1.165, 1.54) is 20.3 Å². The van der Waals surface area contributed by atoms with Crippen molar-refractivity contribution in [2.45, 2.75) is 6.92 Å². The van der Waals surface area contributed by atoms with E-state index in [0.29, 0.717) is 14.9 Å². The van der Waals surface area contributed by atoms with Crippen LogP contribution in [0.4, 0.5) is 0 Å². The van der Waals surface area contributed by atoms with Gasteiger partial charge in [-0.3, -0.25) is 0 Å². The Morgan fingerprint density at radius 3 is 2.62 bits per heavy atom. The minimum atomic E-state index is -0.591. The zero-order valence-electron chi connectivity index (χ0n) is 14.3. The van der Waals surface area contributed by atoms with Crippen LogP contribution in [-0.2, 0) is 14.3 Å². The first kappa shape index (κ1) is 20.1. The number of halogens is 1. The average molecular weight is 445 g/mol. The number of ether oxygens (including phenoxy) is 4. The smallest absolute Gasteiger partial charge is 0.351 e. The summed E-state index contributed by atoms with van der Waals surface area (Å²) in [7, 11) is 2.70. The van der Waals surface area contributed by atoms with Crippen LogP contribution < -0.4 is 9.47 Å². The van der Waals surface area contributed by atoms with Crippen molar-refractivity contribution in [3.05, 3.63) is 27.5 Å². The number of phenolic OH excluding ortho intramolecular Hbond substituents is 1. The van der Waals surface area contributed by atoms with Crippen LogP contribution in [-0.4, -0.2) is 44.5 Å². The number of phenols is 1. The van der Waals surface area contributed by atoms with Crippen molar-refractivity contribution in [1.29, 1.82) is 0 Å². The zero-order chi connectivity index (χ0) is 19.3. The lowest BCUT2D eigenvalue weighted by atomic mass is 10.1. The van der Waals surface area contributed by atoms with Gasteiger partial charge in [0.1, 0.15) is 0 Å². The Balaban J connectivity index is 2.45. The summed E-state index contributed by atoms with van der Waals surface area (Å²) in [6.07, 6.45) is 0. The van der Waals surface area contributed by atoms with Gasteiger partial charge in [0.25, 0.3) is 0 Å². The van der Waals surface area contributed by atoms with Crippen LogP contribution in [0.5, 0.6) is 17.2 Å². The van der Waals surface area contributed by atoms with Crippen molar-refractivity contribution in [1.82, 2.24) is 0 Å². The lowest BCUT2D eigenvalue weighted by Crippen LogP contribution is -2.15. The molecule has 0 aliphatic carbocycles. The fourth-order valence-corrected chi connectivity index (χ4v) is 4.06. The molecule has 0 radical (unpaired) electrons. The molecule has 0 bridgehead atoms. The molecule has 26 heavy (non-hydrogen) atoms. The Morgan fingerprint density at radius 2 is 2.00 bits per heavy atom. The minimum absolute atomic E-state index is 0.00379. The Hall–Kier alpha value is -2.26. The fourth-order valence-electron chi connectivity index (χ4n) is 2.09. The summed E-state index contributed by atoms with van der Waals surface area (Å²) in [5.41, 5.74) is 0.688. The second-order valence-electron chi connectivity index (χ2n) is 4.88. The maximum Gasteiger partial charge on any atom is 0.351 e. The highest BCUT2D eigenvalue weighted by molar-refractivity contribution is 9.10. The molecule has 7 nitrogen and oxygen atoms in total. The number of carbonyl (C=O) groups is 2. The Bertz CT molecular complexity index is 816. The number of rotatable bonds is 7. The van der Waals surface area contributed by atoms with E-state index in [2.05, 4.69) is 15.9 Å². The summed E-state index contributed by atoms with van der Waals surface area (Å²) < 4.78 is 20.7. The normalized spacial score (nSPS) is 10.3. The Morgan fingerprint density at radius 1 is 1.27 bits per heavy atom. The molecule has 0 fully saturated rings. The summed E-state index contributed by atoms with van der Waals surface area (Å²) in [4.78, 5) is 24.5. The van der Waals surface area contributed by atoms with Crippen LogP contribution >= 0.6 is 27.3 Å². The predicted molar refractivity (Wildman–Crippen MR) is 99.1 cm³/mol. The summed E-state index contributed by atoms with van der Waals surface area (Å²) in [5, 5.41) is 9.75. The van der Waals surface area contributed by atoms with E-state index >= 15 is 0 Å². The van der Waals surface area contributed by atoms with Gasteiger partial charge in [-0.05, 0) is 46.6 Å². The summed E-state index contributed by atoms with van der Waals surface area (Å²) in [5.74, 6) is -0.662. The van der Waals surface area contributed by atoms with Gasteiger partial charge in [0.15, 0.2) is 28.7 Å². The monoisotopic (exact) mass is 444 g/mol. The van der Waals surface area contributed by atoms with Gasteiger partial charge in [-0.15, -0.1) is 11.3 Å². The van der Waals surface area contributed by atoms with Crippen LogP contribution in [0.25, 0.3) is 10.4 Å². The molecule has 1 aromatic heterocycles. The van der Waals surface area contributed by atoms with Gasteiger partial charge < -0.3 is 24.1 Å². The van der Waals surface area contributed by atoms with Gasteiger partial charge in [-0.25, -0.2) is 9.59 Å². The number of hydrogen-bond acceptors (Lipinski definition) is 8. The van der Waals surface area contributed by atoms with Crippen LogP contribution in [0.15, 0.2) is 22.7 Å². The molecule has 0 unspecified atom stereocenters. The van der Waals surface area contributed by atoms with Crippen molar-refractivity contribution < 1.29 is 33.6 Å². The van der Waals surface area contributed by atoms with Gasteiger partial charge in [-0.1, -0.05) is 0 Å². The molecule has 1 N–H and O–H groups in total. The Kier molecular flexibility index (Phi) is 6.87. The fraction of sp³-hybridized carbons (Fsp3) is 0.294. The van der Waals surface area contributed by atoms with Crippen molar-refractivity contribution in [3.63, 3.8) is 0 Å². The number of benzene rings is 1. The SMILES string of the molecule is CCOC(=O)COc1c(C(=O)OC)sc(-c2ccc(O)c(OC)c2)c1Br. The first-order valence-corrected chi connectivity index (χ1v) is 9.10. The van der Waals surface area contributed by atoms with Gasteiger partial charge in [0.05, 0.1) is 30.2 Å². The lowest BCUT2D eigenvalue weighted by Gasteiger charge is -2.07. The first-order valence-electron chi connectivity index (χ1n) is 7.49. The third-order valence-corrected chi connectivity index (χ3v) is 5.48.